The van der Waals surface area contributed by atoms with Crippen LogP contribution in [0.2, 0.25) is 0 Å². The lowest BCUT2D eigenvalue weighted by Crippen LogP contribution is -2.17. The Morgan fingerprint density at radius 1 is 0.840 bits per heavy atom. The van der Waals surface area contributed by atoms with E-state index in [9.17, 15) is 4.79 Å². The molecule has 0 aliphatic heterocycles. The third-order valence-electron chi connectivity index (χ3n) is 4.56. The van der Waals surface area contributed by atoms with E-state index >= 15 is 0 Å². The van der Waals surface area contributed by atoms with Crippen molar-refractivity contribution in [2.75, 3.05) is 0 Å². The maximum atomic E-state index is 12.8. The number of benzene rings is 2. The molecule has 4 heterocycles. The second kappa shape index (κ2) is 4.21. The minimum absolute atomic E-state index is 0.235. The number of H-pyrrole nitrogens is 1. The van der Waals surface area contributed by atoms with E-state index in [4.69, 9.17) is 0 Å². The smallest absolute Gasteiger partial charge is 0.292 e. The number of rotatable bonds is 0. The lowest BCUT2D eigenvalue weighted by Gasteiger charge is -2.04. The highest BCUT2D eigenvalue weighted by atomic mass is 16.1. The van der Waals surface area contributed by atoms with Gasteiger partial charge in [-0.05, 0) is 24.3 Å². The fraction of sp³-hybridized carbons (Fsp3) is 0. The van der Waals surface area contributed by atoms with E-state index in [1.807, 2.05) is 52.9 Å². The molecule has 25 heavy (non-hydrogen) atoms. The highest BCUT2D eigenvalue weighted by Crippen LogP contribution is 2.23. The Morgan fingerprint density at radius 2 is 1.52 bits per heavy atom. The zero-order chi connectivity index (χ0) is 16.5. The fourth-order valence-corrected chi connectivity index (χ4v) is 3.48. The molecule has 1 N–H and O–H groups in total. The molecule has 0 saturated carbocycles. The van der Waals surface area contributed by atoms with Crippen LogP contribution >= 0.6 is 0 Å². The summed E-state index contributed by atoms with van der Waals surface area (Å²) in [5.41, 5.74) is 4.27. The summed E-state index contributed by atoms with van der Waals surface area (Å²) in [5, 5.41) is 0.770. The molecule has 0 amide bonds. The number of imidazole rings is 2. The van der Waals surface area contributed by atoms with Crippen molar-refractivity contribution in [3.63, 3.8) is 0 Å². The van der Waals surface area contributed by atoms with E-state index in [1.54, 1.807) is 10.6 Å². The van der Waals surface area contributed by atoms with Crippen molar-refractivity contribution in [1.82, 2.24) is 28.7 Å². The van der Waals surface area contributed by atoms with E-state index in [2.05, 4.69) is 19.9 Å². The molecule has 0 atom stereocenters. The van der Waals surface area contributed by atoms with Crippen LogP contribution in [0.15, 0.2) is 59.5 Å². The summed E-state index contributed by atoms with van der Waals surface area (Å²) in [5.74, 6) is 0.546. The molecule has 0 bridgehead atoms. The Labute approximate surface area is 139 Å². The summed E-state index contributed by atoms with van der Waals surface area (Å²) in [6, 6.07) is 15.3. The van der Waals surface area contributed by atoms with Gasteiger partial charge in [0.1, 0.15) is 5.65 Å². The summed E-state index contributed by atoms with van der Waals surface area (Å²) < 4.78 is 3.45. The third kappa shape index (κ3) is 1.49. The fourth-order valence-electron chi connectivity index (χ4n) is 3.48. The Bertz CT molecular complexity index is 1520. The summed E-state index contributed by atoms with van der Waals surface area (Å²) in [6.07, 6.45) is 1.72. The van der Waals surface area contributed by atoms with E-state index in [0.29, 0.717) is 17.1 Å². The van der Waals surface area contributed by atoms with E-state index < -0.39 is 0 Å². The van der Waals surface area contributed by atoms with Gasteiger partial charge in [-0.15, -0.1) is 0 Å². The molecule has 0 fully saturated rings. The second-order valence-corrected chi connectivity index (χ2v) is 5.95. The minimum atomic E-state index is -0.235. The van der Waals surface area contributed by atoms with E-state index in [1.165, 1.54) is 0 Å². The highest BCUT2D eigenvalue weighted by molar-refractivity contribution is 5.96. The van der Waals surface area contributed by atoms with Gasteiger partial charge in [-0.2, -0.15) is 0 Å². The van der Waals surface area contributed by atoms with E-state index in [-0.39, 0.29) is 5.69 Å². The van der Waals surface area contributed by atoms with Crippen molar-refractivity contribution in [1.29, 1.82) is 0 Å². The molecular formula is C18H10N6O. The SMILES string of the molecule is O=c1[nH]c2c(cnc3nc4ccccc4n32)c2nc3ccccc3n12. The third-order valence-corrected chi connectivity index (χ3v) is 4.56. The molecule has 0 unspecified atom stereocenters. The van der Waals surface area contributed by atoms with Crippen molar-refractivity contribution < 1.29 is 0 Å². The highest BCUT2D eigenvalue weighted by Gasteiger charge is 2.15. The first-order valence-corrected chi connectivity index (χ1v) is 7.87. The van der Waals surface area contributed by atoms with Gasteiger partial charge in [-0.25, -0.2) is 24.1 Å². The molecule has 0 spiro atoms. The van der Waals surface area contributed by atoms with Crippen LogP contribution in [0.25, 0.3) is 44.5 Å². The molecule has 0 radical (unpaired) electrons. The molecule has 7 heteroatoms. The molecule has 0 aliphatic rings. The number of nitrogens with zero attached hydrogens (tertiary/aromatic N) is 5. The lowest BCUT2D eigenvalue weighted by atomic mass is 10.3. The Balaban J connectivity index is 1.95. The summed E-state index contributed by atoms with van der Waals surface area (Å²) in [7, 11) is 0. The van der Waals surface area contributed by atoms with Gasteiger partial charge in [0.15, 0.2) is 5.65 Å². The molecule has 6 aromatic rings. The number of aromatic nitrogens is 6. The summed E-state index contributed by atoms with van der Waals surface area (Å²) in [6.45, 7) is 0. The van der Waals surface area contributed by atoms with Crippen LogP contribution in [0, 0.1) is 0 Å². The van der Waals surface area contributed by atoms with Gasteiger partial charge in [-0.1, -0.05) is 24.3 Å². The molecule has 0 saturated heterocycles. The molecule has 0 aliphatic carbocycles. The van der Waals surface area contributed by atoms with Gasteiger partial charge >= 0.3 is 5.69 Å². The standard InChI is InChI=1S/C18H10N6O/c25-18-22-16-10(15-20-11-5-1-4-8-14(11)24(15)18)9-19-17-21-12-6-2-3-7-13(12)23(16)17/h1-9H,(H,22,25). The van der Waals surface area contributed by atoms with Crippen molar-refractivity contribution in [3.05, 3.63) is 65.2 Å². The van der Waals surface area contributed by atoms with Gasteiger partial charge in [0.2, 0.25) is 5.78 Å². The zero-order valence-corrected chi connectivity index (χ0v) is 12.8. The van der Waals surface area contributed by atoms with Crippen LogP contribution in [0.1, 0.15) is 0 Å². The Kier molecular flexibility index (Phi) is 2.13. The molecule has 118 valence electrons. The first-order chi connectivity index (χ1) is 12.3. The summed E-state index contributed by atoms with van der Waals surface area (Å²) >= 11 is 0. The topological polar surface area (TPSA) is 80.3 Å². The predicted octanol–water partition coefficient (Wildman–Crippen LogP) is 2.52. The van der Waals surface area contributed by atoms with Gasteiger partial charge < -0.3 is 0 Å². The number of hydrogen-bond acceptors (Lipinski definition) is 4. The van der Waals surface area contributed by atoms with Crippen LogP contribution in [-0.4, -0.2) is 28.7 Å². The zero-order valence-electron chi connectivity index (χ0n) is 12.8. The van der Waals surface area contributed by atoms with Gasteiger partial charge in [0, 0.05) is 6.20 Å². The van der Waals surface area contributed by atoms with Crippen LogP contribution in [-0.2, 0) is 0 Å². The monoisotopic (exact) mass is 326 g/mol. The lowest BCUT2D eigenvalue weighted by molar-refractivity contribution is 1.03. The maximum absolute atomic E-state index is 12.8. The van der Waals surface area contributed by atoms with Gasteiger partial charge in [-0.3, -0.25) is 9.38 Å². The van der Waals surface area contributed by atoms with Gasteiger partial charge in [0.25, 0.3) is 0 Å². The van der Waals surface area contributed by atoms with Crippen molar-refractivity contribution in [2.24, 2.45) is 0 Å². The molecule has 6 rings (SSSR count). The van der Waals surface area contributed by atoms with Crippen molar-refractivity contribution in [3.8, 4) is 0 Å². The average molecular weight is 326 g/mol. The van der Waals surface area contributed by atoms with Crippen LogP contribution in [0.5, 0.6) is 0 Å². The van der Waals surface area contributed by atoms with Crippen LogP contribution < -0.4 is 5.69 Å². The van der Waals surface area contributed by atoms with Gasteiger partial charge in [0.05, 0.1) is 27.5 Å². The number of fused-ring (bicyclic) bond motifs is 9. The largest absolute Gasteiger partial charge is 0.333 e. The van der Waals surface area contributed by atoms with Crippen LogP contribution in [0.4, 0.5) is 0 Å². The number of aromatic amines is 1. The maximum Gasteiger partial charge on any atom is 0.333 e. The molecule has 4 aromatic heterocycles. The number of para-hydroxylation sites is 4. The minimum Gasteiger partial charge on any atom is -0.292 e. The first kappa shape index (κ1) is 12.7. The molecular weight excluding hydrogens is 316 g/mol. The quantitative estimate of drug-likeness (QED) is 0.465. The Hall–Kier alpha value is -3.74. The first-order valence-electron chi connectivity index (χ1n) is 7.87. The number of nitrogens with one attached hydrogen (secondary N) is 1. The number of hydrogen-bond donors (Lipinski definition) is 1. The van der Waals surface area contributed by atoms with Crippen molar-refractivity contribution >= 4 is 44.5 Å². The average Bonchev–Trinajstić information content (AvgIpc) is 3.20. The predicted molar refractivity (Wildman–Crippen MR) is 94.9 cm³/mol. The molecule has 7 nitrogen and oxygen atoms in total. The second-order valence-electron chi connectivity index (χ2n) is 5.95. The van der Waals surface area contributed by atoms with Crippen LogP contribution in [0.3, 0.4) is 0 Å². The van der Waals surface area contributed by atoms with Crippen molar-refractivity contribution in [2.45, 2.75) is 0 Å². The van der Waals surface area contributed by atoms with E-state index in [0.717, 1.165) is 27.5 Å². The normalized spacial score (nSPS) is 12.2. The molecule has 2 aromatic carbocycles. The summed E-state index contributed by atoms with van der Waals surface area (Å²) in [4.78, 5) is 29.4. The Morgan fingerprint density at radius 3 is 2.32 bits per heavy atom.